The van der Waals surface area contributed by atoms with E-state index in [2.05, 4.69) is 5.73 Å². The highest BCUT2D eigenvalue weighted by Gasteiger charge is 2.41. The fourth-order valence-electron chi connectivity index (χ4n) is 1.39. The molecule has 0 saturated carbocycles. The average molecular weight is 282 g/mol. The molecule has 0 unspecified atom stereocenters. The monoisotopic (exact) mass is 282 g/mol. The zero-order valence-corrected chi connectivity index (χ0v) is 8.86. The van der Waals surface area contributed by atoms with E-state index in [1.165, 1.54) is 0 Å². The number of carbonyl (C=O) groups is 1. The van der Waals surface area contributed by atoms with E-state index in [0.29, 0.717) is 0 Å². The molecule has 0 aliphatic rings. The van der Waals surface area contributed by atoms with Gasteiger partial charge in [0, 0.05) is 0 Å². The predicted octanol–water partition coefficient (Wildman–Crippen LogP) is 2.69. The second-order valence-electron chi connectivity index (χ2n) is 3.42. The van der Waals surface area contributed by atoms with Crippen molar-refractivity contribution in [3.05, 3.63) is 34.4 Å². The molecule has 102 valence electrons. The van der Waals surface area contributed by atoms with Gasteiger partial charge in [0.1, 0.15) is 0 Å². The van der Waals surface area contributed by atoms with Crippen molar-refractivity contribution in [2.75, 3.05) is 0 Å². The van der Waals surface area contributed by atoms with Crippen LogP contribution in [0.4, 0.5) is 26.3 Å². The molecule has 1 rings (SSSR count). The van der Waals surface area contributed by atoms with Gasteiger partial charge in [-0.05, 0) is 12.1 Å². The molecule has 1 amide bonds. The maximum Gasteiger partial charge on any atom is 0.418 e. The van der Waals surface area contributed by atoms with Crippen molar-refractivity contribution < 1.29 is 31.1 Å². The van der Waals surface area contributed by atoms with Crippen LogP contribution in [0.25, 0.3) is 0 Å². The third kappa shape index (κ3) is 2.96. The lowest BCUT2D eigenvalue weighted by Gasteiger charge is -2.15. The minimum Gasteiger partial charge on any atom is -0.366 e. The fraction of sp³-hybridized carbons (Fsp3) is 0.200. The van der Waals surface area contributed by atoms with Crippen molar-refractivity contribution in [3.63, 3.8) is 0 Å². The summed E-state index contributed by atoms with van der Waals surface area (Å²) in [5.41, 5.74) is -1.39. The smallest absolute Gasteiger partial charge is 0.366 e. The number of hydrogen-bond donors (Lipinski definition) is 1. The molecule has 1 aromatic carbocycles. The van der Waals surface area contributed by atoms with Crippen LogP contribution in [0.15, 0.2) is 12.1 Å². The molecule has 0 fully saturated rings. The SMILES string of the molecule is N#Cc1cc(C(F)(F)F)cc(C(N)=O)c1C(F)(F)F. The van der Waals surface area contributed by atoms with Gasteiger partial charge >= 0.3 is 12.4 Å². The lowest BCUT2D eigenvalue weighted by atomic mass is 9.97. The molecule has 0 saturated heterocycles. The van der Waals surface area contributed by atoms with Gasteiger partial charge in [-0.15, -0.1) is 0 Å². The summed E-state index contributed by atoms with van der Waals surface area (Å²) in [4.78, 5) is 10.9. The molecule has 9 heteroatoms. The standard InChI is InChI=1S/C10H4F6N2O/c11-9(12,13)5-1-4(3-17)7(10(14,15)16)6(2-5)8(18)19/h1-2H,(H2,18,19). The summed E-state index contributed by atoms with van der Waals surface area (Å²) in [6.45, 7) is 0. The van der Waals surface area contributed by atoms with E-state index < -0.39 is 40.5 Å². The summed E-state index contributed by atoms with van der Waals surface area (Å²) in [5.74, 6) is -1.70. The molecular weight excluding hydrogens is 278 g/mol. The van der Waals surface area contributed by atoms with Gasteiger partial charge in [0.05, 0.1) is 28.3 Å². The van der Waals surface area contributed by atoms with Crippen LogP contribution < -0.4 is 5.73 Å². The van der Waals surface area contributed by atoms with Crippen LogP contribution in [0.3, 0.4) is 0 Å². The molecule has 2 N–H and O–H groups in total. The van der Waals surface area contributed by atoms with Gasteiger partial charge in [0.25, 0.3) is 0 Å². The number of benzene rings is 1. The molecule has 0 aromatic heterocycles. The molecule has 19 heavy (non-hydrogen) atoms. The van der Waals surface area contributed by atoms with Crippen molar-refractivity contribution in [2.45, 2.75) is 12.4 Å². The van der Waals surface area contributed by atoms with Crippen LogP contribution >= 0.6 is 0 Å². The lowest BCUT2D eigenvalue weighted by Crippen LogP contribution is -2.22. The van der Waals surface area contributed by atoms with Crippen molar-refractivity contribution in [1.82, 2.24) is 0 Å². The zero-order valence-electron chi connectivity index (χ0n) is 8.86. The van der Waals surface area contributed by atoms with Gasteiger partial charge in [-0.3, -0.25) is 4.79 Å². The van der Waals surface area contributed by atoms with Crippen LogP contribution in [0.1, 0.15) is 27.0 Å². The molecule has 0 heterocycles. The Hall–Kier alpha value is -2.24. The summed E-state index contributed by atoms with van der Waals surface area (Å²) in [5, 5.41) is 8.51. The maximum atomic E-state index is 12.6. The number of nitrogens with zero attached hydrogens (tertiary/aromatic N) is 1. The summed E-state index contributed by atoms with van der Waals surface area (Å²) in [6.07, 6.45) is -10.2. The third-order valence-electron chi connectivity index (χ3n) is 2.14. The highest BCUT2D eigenvalue weighted by atomic mass is 19.4. The number of nitrogens with two attached hydrogens (primary N) is 1. The Morgan fingerprint density at radius 3 is 1.95 bits per heavy atom. The summed E-state index contributed by atoms with van der Waals surface area (Å²) in [7, 11) is 0. The van der Waals surface area contributed by atoms with Crippen LogP contribution in [-0.4, -0.2) is 5.91 Å². The number of amides is 1. The Labute approximate surface area is 102 Å². The largest absolute Gasteiger partial charge is 0.418 e. The second-order valence-corrected chi connectivity index (χ2v) is 3.42. The highest BCUT2D eigenvalue weighted by Crippen LogP contribution is 2.38. The van der Waals surface area contributed by atoms with E-state index in [1.807, 2.05) is 0 Å². The van der Waals surface area contributed by atoms with Crippen LogP contribution in [0.5, 0.6) is 0 Å². The predicted molar refractivity (Wildman–Crippen MR) is 49.7 cm³/mol. The molecule has 0 bridgehead atoms. The molecule has 3 nitrogen and oxygen atoms in total. The maximum absolute atomic E-state index is 12.6. The number of halogens is 6. The van der Waals surface area contributed by atoms with E-state index in [9.17, 15) is 31.1 Å². The van der Waals surface area contributed by atoms with Crippen LogP contribution in [0, 0.1) is 11.3 Å². The number of hydrogen-bond acceptors (Lipinski definition) is 2. The van der Waals surface area contributed by atoms with Crippen molar-refractivity contribution in [1.29, 1.82) is 5.26 Å². The quantitative estimate of drug-likeness (QED) is 0.805. The number of rotatable bonds is 1. The van der Waals surface area contributed by atoms with E-state index >= 15 is 0 Å². The average Bonchev–Trinajstić information content (AvgIpc) is 2.24. The van der Waals surface area contributed by atoms with E-state index in [4.69, 9.17) is 5.26 Å². The van der Waals surface area contributed by atoms with Gasteiger partial charge in [-0.1, -0.05) is 0 Å². The second kappa shape index (κ2) is 4.46. The zero-order chi connectivity index (χ0) is 15.0. The lowest BCUT2D eigenvalue weighted by molar-refractivity contribution is -0.141. The topological polar surface area (TPSA) is 66.9 Å². The molecule has 0 atom stereocenters. The summed E-state index contributed by atoms with van der Waals surface area (Å²) < 4.78 is 75.2. The van der Waals surface area contributed by atoms with E-state index in [0.717, 1.165) is 6.07 Å². The van der Waals surface area contributed by atoms with Gasteiger partial charge in [0.2, 0.25) is 5.91 Å². The molecule has 0 aliphatic heterocycles. The number of alkyl halides is 6. The van der Waals surface area contributed by atoms with Gasteiger partial charge < -0.3 is 5.73 Å². The summed E-state index contributed by atoms with van der Waals surface area (Å²) >= 11 is 0. The minimum absolute atomic E-state index is 0.0218. The first-order valence-corrected chi connectivity index (χ1v) is 4.51. The number of carbonyl (C=O) groups excluding carboxylic acids is 1. The van der Waals surface area contributed by atoms with Gasteiger partial charge in [-0.2, -0.15) is 31.6 Å². The van der Waals surface area contributed by atoms with E-state index in [1.54, 1.807) is 0 Å². The molecule has 0 radical (unpaired) electrons. The molecule has 1 aromatic rings. The third-order valence-corrected chi connectivity index (χ3v) is 2.14. The van der Waals surface area contributed by atoms with Crippen molar-refractivity contribution in [3.8, 4) is 6.07 Å². The van der Waals surface area contributed by atoms with Crippen LogP contribution in [-0.2, 0) is 12.4 Å². The Balaban J connectivity index is 3.76. The number of nitriles is 1. The van der Waals surface area contributed by atoms with Crippen molar-refractivity contribution >= 4 is 5.91 Å². The first-order chi connectivity index (χ1) is 8.48. The van der Waals surface area contributed by atoms with E-state index in [-0.39, 0.29) is 12.1 Å². The van der Waals surface area contributed by atoms with Gasteiger partial charge in [-0.25, -0.2) is 0 Å². The Morgan fingerprint density at radius 1 is 1.11 bits per heavy atom. The van der Waals surface area contributed by atoms with Crippen LogP contribution in [0.2, 0.25) is 0 Å². The Bertz CT molecular complexity index is 567. The Kier molecular flexibility index (Phi) is 3.48. The molecular formula is C10H4F6N2O. The fourth-order valence-corrected chi connectivity index (χ4v) is 1.39. The Morgan fingerprint density at radius 2 is 1.63 bits per heavy atom. The first kappa shape index (κ1) is 14.8. The summed E-state index contributed by atoms with van der Waals surface area (Å²) in [6, 6.07) is 0.983. The van der Waals surface area contributed by atoms with Crippen molar-refractivity contribution in [2.24, 2.45) is 5.73 Å². The number of primary amides is 1. The highest BCUT2D eigenvalue weighted by molar-refractivity contribution is 5.95. The first-order valence-electron chi connectivity index (χ1n) is 4.51. The molecule has 0 aliphatic carbocycles. The van der Waals surface area contributed by atoms with Gasteiger partial charge in [0.15, 0.2) is 0 Å². The normalized spacial score (nSPS) is 12.1. The molecule has 0 spiro atoms. The minimum atomic E-state index is -5.17.